The molecule has 6 heteroatoms. The average Bonchev–Trinajstić information content (AvgIpc) is 3.02. The Balaban J connectivity index is 1.94. The number of hydrogen-bond donors (Lipinski definition) is 0. The summed E-state index contributed by atoms with van der Waals surface area (Å²) in [5, 5.41) is 2.55. The molecule has 0 atom stereocenters. The SMILES string of the molecule is CC(C)CCn1c(SCc2ccccc2F)nc2ccsc2c1=O. The Morgan fingerprint density at radius 1 is 1.29 bits per heavy atom. The molecule has 0 N–H and O–H groups in total. The summed E-state index contributed by atoms with van der Waals surface area (Å²) in [4.78, 5) is 17.4. The Labute approximate surface area is 148 Å². The van der Waals surface area contributed by atoms with E-state index in [1.165, 1.54) is 29.2 Å². The topological polar surface area (TPSA) is 34.9 Å². The van der Waals surface area contributed by atoms with Crippen molar-refractivity contribution in [3.05, 3.63) is 57.4 Å². The largest absolute Gasteiger partial charge is 0.286 e. The van der Waals surface area contributed by atoms with Gasteiger partial charge in [0.05, 0.1) is 5.52 Å². The van der Waals surface area contributed by atoms with Gasteiger partial charge in [-0.1, -0.05) is 43.8 Å². The number of rotatable bonds is 6. The number of hydrogen-bond acceptors (Lipinski definition) is 4. The van der Waals surface area contributed by atoms with Crippen molar-refractivity contribution >= 4 is 33.3 Å². The highest BCUT2D eigenvalue weighted by Crippen LogP contribution is 2.25. The highest BCUT2D eigenvalue weighted by atomic mass is 32.2. The van der Waals surface area contributed by atoms with Gasteiger partial charge in [0.2, 0.25) is 0 Å². The fourth-order valence-electron chi connectivity index (χ4n) is 2.38. The molecule has 1 aromatic carbocycles. The first-order valence-electron chi connectivity index (χ1n) is 7.90. The van der Waals surface area contributed by atoms with Gasteiger partial charge in [-0.3, -0.25) is 9.36 Å². The normalized spacial score (nSPS) is 11.5. The van der Waals surface area contributed by atoms with Crippen LogP contribution in [-0.4, -0.2) is 9.55 Å². The Bertz CT molecular complexity index is 901. The van der Waals surface area contributed by atoms with Crippen LogP contribution in [0.5, 0.6) is 0 Å². The van der Waals surface area contributed by atoms with Crippen molar-refractivity contribution in [1.82, 2.24) is 9.55 Å². The fraction of sp³-hybridized carbons (Fsp3) is 0.333. The van der Waals surface area contributed by atoms with Gasteiger partial charge in [0.15, 0.2) is 5.16 Å². The van der Waals surface area contributed by atoms with Gasteiger partial charge in [-0.05, 0) is 35.4 Å². The molecule has 24 heavy (non-hydrogen) atoms. The number of thiophene rings is 1. The first-order chi connectivity index (χ1) is 11.6. The summed E-state index contributed by atoms with van der Waals surface area (Å²) in [6.07, 6.45) is 0.908. The monoisotopic (exact) mass is 362 g/mol. The standard InChI is InChI=1S/C18H19FN2OS2/c1-12(2)7-9-21-17(22)16-15(8-10-23-16)20-18(21)24-11-13-5-3-4-6-14(13)19/h3-6,8,10,12H,7,9,11H2,1-2H3. The zero-order valence-corrected chi connectivity index (χ0v) is 15.3. The summed E-state index contributed by atoms with van der Waals surface area (Å²) in [5.74, 6) is 0.731. The Hall–Kier alpha value is -1.66. The van der Waals surface area contributed by atoms with Crippen molar-refractivity contribution in [3.8, 4) is 0 Å². The summed E-state index contributed by atoms with van der Waals surface area (Å²) in [6.45, 7) is 4.90. The van der Waals surface area contributed by atoms with Crippen LogP contribution in [0.25, 0.3) is 10.2 Å². The van der Waals surface area contributed by atoms with E-state index in [1.54, 1.807) is 16.7 Å². The van der Waals surface area contributed by atoms with Crippen LogP contribution in [0.2, 0.25) is 0 Å². The van der Waals surface area contributed by atoms with Gasteiger partial charge in [-0.15, -0.1) is 11.3 Å². The molecule has 3 rings (SSSR count). The molecular formula is C18H19FN2OS2. The molecule has 3 aromatic rings. The Morgan fingerprint density at radius 2 is 2.08 bits per heavy atom. The van der Waals surface area contributed by atoms with Crippen LogP contribution < -0.4 is 5.56 Å². The van der Waals surface area contributed by atoms with Crippen LogP contribution in [-0.2, 0) is 12.3 Å². The summed E-state index contributed by atoms with van der Waals surface area (Å²) >= 11 is 2.84. The molecule has 0 aliphatic carbocycles. The number of benzene rings is 1. The molecule has 3 nitrogen and oxygen atoms in total. The maximum absolute atomic E-state index is 13.8. The Kier molecular flexibility index (Phi) is 5.36. The second-order valence-corrected chi connectivity index (χ2v) is 7.91. The van der Waals surface area contributed by atoms with E-state index < -0.39 is 0 Å². The molecular weight excluding hydrogens is 343 g/mol. The van der Waals surface area contributed by atoms with Gasteiger partial charge in [0, 0.05) is 12.3 Å². The maximum Gasteiger partial charge on any atom is 0.272 e. The summed E-state index contributed by atoms with van der Waals surface area (Å²) in [5.41, 5.74) is 1.35. The fourth-order valence-corrected chi connectivity index (χ4v) is 4.17. The van der Waals surface area contributed by atoms with E-state index in [2.05, 4.69) is 18.8 Å². The van der Waals surface area contributed by atoms with Gasteiger partial charge in [-0.25, -0.2) is 9.37 Å². The van der Waals surface area contributed by atoms with E-state index >= 15 is 0 Å². The van der Waals surface area contributed by atoms with Crippen LogP contribution in [0, 0.1) is 11.7 Å². The van der Waals surface area contributed by atoms with Crippen molar-refractivity contribution < 1.29 is 4.39 Å². The smallest absolute Gasteiger partial charge is 0.272 e. The van der Waals surface area contributed by atoms with E-state index in [-0.39, 0.29) is 11.4 Å². The van der Waals surface area contributed by atoms with Crippen molar-refractivity contribution in [3.63, 3.8) is 0 Å². The molecule has 0 aliphatic rings. The van der Waals surface area contributed by atoms with Crippen LogP contribution in [0.15, 0.2) is 45.7 Å². The molecule has 0 aliphatic heterocycles. The van der Waals surface area contributed by atoms with E-state index in [4.69, 9.17) is 0 Å². The van der Waals surface area contributed by atoms with Crippen molar-refractivity contribution in [2.75, 3.05) is 0 Å². The quantitative estimate of drug-likeness (QED) is 0.460. The second kappa shape index (κ2) is 7.49. The lowest BCUT2D eigenvalue weighted by molar-refractivity contribution is 0.481. The lowest BCUT2D eigenvalue weighted by Gasteiger charge is -2.13. The van der Waals surface area contributed by atoms with E-state index in [0.29, 0.717) is 33.6 Å². The van der Waals surface area contributed by atoms with Gasteiger partial charge >= 0.3 is 0 Å². The first-order valence-corrected chi connectivity index (χ1v) is 9.77. The first kappa shape index (κ1) is 17.2. The second-order valence-electron chi connectivity index (χ2n) is 6.05. The minimum Gasteiger partial charge on any atom is -0.286 e. The van der Waals surface area contributed by atoms with Crippen molar-refractivity contribution in [2.24, 2.45) is 5.92 Å². The number of nitrogens with zero attached hydrogens (tertiary/aromatic N) is 2. The lowest BCUT2D eigenvalue weighted by Crippen LogP contribution is -2.23. The van der Waals surface area contributed by atoms with E-state index in [9.17, 15) is 9.18 Å². The average molecular weight is 362 g/mol. The summed E-state index contributed by atoms with van der Waals surface area (Å²) in [7, 11) is 0. The van der Waals surface area contributed by atoms with Crippen molar-refractivity contribution in [2.45, 2.75) is 37.7 Å². The van der Waals surface area contributed by atoms with Gasteiger partial charge < -0.3 is 0 Å². The lowest BCUT2D eigenvalue weighted by atomic mass is 10.1. The molecule has 0 radical (unpaired) electrons. The molecule has 0 amide bonds. The molecule has 2 aromatic heterocycles. The number of fused-ring (bicyclic) bond motifs is 1. The third-order valence-electron chi connectivity index (χ3n) is 3.78. The Morgan fingerprint density at radius 3 is 2.83 bits per heavy atom. The molecule has 0 spiro atoms. The van der Waals surface area contributed by atoms with Crippen molar-refractivity contribution in [1.29, 1.82) is 0 Å². The summed E-state index contributed by atoms with van der Waals surface area (Å²) < 4.78 is 16.3. The predicted molar refractivity (Wildman–Crippen MR) is 99.3 cm³/mol. The zero-order chi connectivity index (χ0) is 17.1. The van der Waals surface area contributed by atoms with Gasteiger partial charge in [-0.2, -0.15) is 0 Å². The molecule has 0 bridgehead atoms. The highest BCUT2D eigenvalue weighted by molar-refractivity contribution is 7.98. The van der Waals surface area contributed by atoms with Crippen LogP contribution in [0.1, 0.15) is 25.8 Å². The number of thioether (sulfide) groups is 1. The van der Waals surface area contributed by atoms with Crippen LogP contribution in [0.3, 0.4) is 0 Å². The van der Waals surface area contributed by atoms with Gasteiger partial charge in [0.1, 0.15) is 10.5 Å². The number of aromatic nitrogens is 2. The minimum absolute atomic E-state index is 0.00619. The minimum atomic E-state index is -0.224. The maximum atomic E-state index is 13.8. The van der Waals surface area contributed by atoms with Crippen LogP contribution >= 0.6 is 23.1 Å². The predicted octanol–water partition coefficient (Wildman–Crippen LogP) is 4.94. The summed E-state index contributed by atoms with van der Waals surface area (Å²) in [6, 6.07) is 8.58. The van der Waals surface area contributed by atoms with Crippen LogP contribution in [0.4, 0.5) is 4.39 Å². The molecule has 2 heterocycles. The molecule has 0 saturated carbocycles. The molecule has 0 fully saturated rings. The van der Waals surface area contributed by atoms with E-state index in [0.717, 1.165) is 11.9 Å². The third-order valence-corrected chi connectivity index (χ3v) is 5.69. The molecule has 126 valence electrons. The third kappa shape index (κ3) is 3.70. The van der Waals surface area contributed by atoms with Gasteiger partial charge in [0.25, 0.3) is 5.56 Å². The molecule has 0 unspecified atom stereocenters. The molecule has 0 saturated heterocycles. The zero-order valence-electron chi connectivity index (χ0n) is 13.7. The van der Waals surface area contributed by atoms with E-state index in [1.807, 2.05) is 17.5 Å². The highest BCUT2D eigenvalue weighted by Gasteiger charge is 2.14. The number of halogens is 1.